The molecule has 2 aromatic carbocycles. The van der Waals surface area contributed by atoms with Crippen LogP contribution in [0.2, 0.25) is 0 Å². The summed E-state index contributed by atoms with van der Waals surface area (Å²) in [6, 6.07) is 15.3. The highest BCUT2D eigenvalue weighted by Crippen LogP contribution is 2.39. The Bertz CT molecular complexity index is 882. The maximum absolute atomic E-state index is 12.8. The molecule has 142 valence electrons. The van der Waals surface area contributed by atoms with Crippen LogP contribution < -0.4 is 0 Å². The van der Waals surface area contributed by atoms with E-state index in [9.17, 15) is 9.59 Å². The van der Waals surface area contributed by atoms with Gasteiger partial charge in [0, 0.05) is 20.5 Å². The Hall–Kier alpha value is -1.34. The standard InChI is InChI=1S/C22H16Br2O2S2/c23-17-7-1-15(2-8-17)5-11-19(25)21(22-27-13-14-28-22)20(26)12-6-16-3-9-18(24)10-4-16/h1-12H,13-14H2/b11-5+,12-6+. The second-order valence-corrected chi connectivity index (χ2v) is 10.2. The first kappa shape index (κ1) is 21.4. The van der Waals surface area contributed by atoms with Crippen LogP contribution >= 0.6 is 55.4 Å². The van der Waals surface area contributed by atoms with Crippen LogP contribution in [0.5, 0.6) is 0 Å². The van der Waals surface area contributed by atoms with E-state index in [1.165, 1.54) is 12.2 Å². The Morgan fingerprint density at radius 2 is 1.11 bits per heavy atom. The zero-order valence-corrected chi connectivity index (χ0v) is 19.5. The number of rotatable bonds is 6. The van der Waals surface area contributed by atoms with Crippen LogP contribution in [0.3, 0.4) is 0 Å². The first-order valence-corrected chi connectivity index (χ1v) is 12.0. The zero-order valence-electron chi connectivity index (χ0n) is 14.7. The molecule has 1 saturated heterocycles. The van der Waals surface area contributed by atoms with Crippen molar-refractivity contribution in [2.45, 2.75) is 0 Å². The molecule has 1 aliphatic rings. The van der Waals surface area contributed by atoms with Gasteiger partial charge >= 0.3 is 0 Å². The Balaban J connectivity index is 1.81. The van der Waals surface area contributed by atoms with Crippen molar-refractivity contribution in [3.05, 3.63) is 90.6 Å². The molecule has 2 aromatic rings. The van der Waals surface area contributed by atoms with E-state index in [-0.39, 0.29) is 17.1 Å². The lowest BCUT2D eigenvalue weighted by atomic mass is 10.1. The number of hydrogen-bond donors (Lipinski definition) is 0. The van der Waals surface area contributed by atoms with Gasteiger partial charge in [0.05, 0.1) is 9.81 Å². The van der Waals surface area contributed by atoms with Gasteiger partial charge in [0.2, 0.25) is 0 Å². The predicted molar refractivity (Wildman–Crippen MR) is 128 cm³/mol. The van der Waals surface area contributed by atoms with Crippen molar-refractivity contribution in [2.75, 3.05) is 11.5 Å². The molecule has 0 radical (unpaired) electrons. The zero-order chi connectivity index (χ0) is 19.9. The van der Waals surface area contributed by atoms with E-state index in [1.54, 1.807) is 35.7 Å². The molecular weight excluding hydrogens is 520 g/mol. The van der Waals surface area contributed by atoms with Crippen LogP contribution in [-0.2, 0) is 9.59 Å². The molecule has 0 saturated carbocycles. The summed E-state index contributed by atoms with van der Waals surface area (Å²) >= 11 is 9.94. The second kappa shape index (κ2) is 10.4. The van der Waals surface area contributed by atoms with Gasteiger partial charge in [-0.2, -0.15) is 0 Å². The molecule has 3 rings (SSSR count). The molecule has 0 bridgehead atoms. The molecule has 1 aliphatic heterocycles. The maximum atomic E-state index is 12.8. The summed E-state index contributed by atoms with van der Waals surface area (Å²) < 4.78 is 2.77. The largest absolute Gasteiger partial charge is 0.289 e. The van der Waals surface area contributed by atoms with Gasteiger partial charge in [-0.3, -0.25) is 9.59 Å². The average Bonchev–Trinajstić information content (AvgIpc) is 3.21. The molecule has 1 heterocycles. The first-order chi connectivity index (χ1) is 13.5. The summed E-state index contributed by atoms with van der Waals surface area (Å²) in [7, 11) is 0. The van der Waals surface area contributed by atoms with Gasteiger partial charge in [-0.15, -0.1) is 23.5 Å². The van der Waals surface area contributed by atoms with Gasteiger partial charge in [0.25, 0.3) is 0 Å². The molecule has 0 aliphatic carbocycles. The van der Waals surface area contributed by atoms with Crippen molar-refractivity contribution < 1.29 is 9.59 Å². The Morgan fingerprint density at radius 3 is 1.50 bits per heavy atom. The number of allylic oxidation sites excluding steroid dienone is 3. The van der Waals surface area contributed by atoms with Crippen LogP contribution in [-0.4, -0.2) is 23.1 Å². The summed E-state index contributed by atoms with van der Waals surface area (Å²) in [6.45, 7) is 0. The fourth-order valence-corrected chi connectivity index (χ4v) is 5.53. The molecule has 0 unspecified atom stereocenters. The van der Waals surface area contributed by atoms with E-state index in [1.807, 2.05) is 48.5 Å². The summed E-state index contributed by atoms with van der Waals surface area (Å²) in [4.78, 5) is 25.7. The maximum Gasteiger partial charge on any atom is 0.191 e. The molecular formula is C22H16Br2O2S2. The van der Waals surface area contributed by atoms with E-state index in [4.69, 9.17) is 0 Å². The van der Waals surface area contributed by atoms with E-state index in [2.05, 4.69) is 31.9 Å². The van der Waals surface area contributed by atoms with Gasteiger partial charge in [-0.05, 0) is 47.5 Å². The van der Waals surface area contributed by atoms with Crippen LogP contribution in [0.15, 0.2) is 79.4 Å². The lowest BCUT2D eigenvalue weighted by molar-refractivity contribution is -0.116. The molecule has 0 N–H and O–H groups in total. The lowest BCUT2D eigenvalue weighted by Crippen LogP contribution is -2.10. The van der Waals surface area contributed by atoms with Crippen LogP contribution in [0, 0.1) is 0 Å². The number of benzene rings is 2. The molecule has 0 spiro atoms. The number of thioether (sulfide) groups is 2. The fraction of sp³-hybridized carbons (Fsp3) is 0.0909. The number of halogens is 2. The predicted octanol–water partition coefficient (Wildman–Crippen LogP) is 6.77. The third-order valence-electron chi connectivity index (χ3n) is 3.84. The fourth-order valence-electron chi connectivity index (χ4n) is 2.44. The van der Waals surface area contributed by atoms with Crippen molar-refractivity contribution in [1.82, 2.24) is 0 Å². The average molecular weight is 536 g/mol. The van der Waals surface area contributed by atoms with Gasteiger partial charge in [-0.25, -0.2) is 0 Å². The highest BCUT2D eigenvalue weighted by molar-refractivity contribution is 9.10. The van der Waals surface area contributed by atoms with Crippen molar-refractivity contribution in [3.8, 4) is 0 Å². The summed E-state index contributed by atoms with van der Waals surface area (Å²) in [5.41, 5.74) is 2.07. The van der Waals surface area contributed by atoms with Crippen LogP contribution in [0.1, 0.15) is 11.1 Å². The second-order valence-electron chi connectivity index (χ2n) is 5.86. The topological polar surface area (TPSA) is 34.1 Å². The van der Waals surface area contributed by atoms with Crippen molar-refractivity contribution in [1.29, 1.82) is 0 Å². The van der Waals surface area contributed by atoms with Crippen molar-refractivity contribution in [2.24, 2.45) is 0 Å². The number of ketones is 2. The minimum atomic E-state index is -0.259. The third kappa shape index (κ3) is 6.08. The van der Waals surface area contributed by atoms with Crippen LogP contribution in [0.4, 0.5) is 0 Å². The normalized spacial score (nSPS) is 14.1. The summed E-state index contributed by atoms with van der Waals surface area (Å²) in [6.07, 6.45) is 6.45. The molecule has 0 aromatic heterocycles. The highest BCUT2D eigenvalue weighted by atomic mass is 79.9. The Morgan fingerprint density at radius 1 is 0.714 bits per heavy atom. The van der Waals surface area contributed by atoms with E-state index >= 15 is 0 Å². The number of hydrogen-bond acceptors (Lipinski definition) is 4. The van der Waals surface area contributed by atoms with Gasteiger partial charge in [0.15, 0.2) is 11.6 Å². The van der Waals surface area contributed by atoms with Gasteiger partial charge in [-0.1, -0.05) is 68.3 Å². The summed E-state index contributed by atoms with van der Waals surface area (Å²) in [5.74, 6) is 1.31. The van der Waals surface area contributed by atoms with E-state index in [0.29, 0.717) is 0 Å². The van der Waals surface area contributed by atoms with Crippen molar-refractivity contribution >= 4 is 79.1 Å². The van der Waals surface area contributed by atoms with Gasteiger partial charge in [0.1, 0.15) is 0 Å². The number of carbonyl (C=O) groups excluding carboxylic acids is 2. The monoisotopic (exact) mass is 534 g/mol. The quantitative estimate of drug-likeness (QED) is 0.232. The van der Waals surface area contributed by atoms with E-state index < -0.39 is 0 Å². The first-order valence-electron chi connectivity index (χ1n) is 8.49. The minimum Gasteiger partial charge on any atom is -0.289 e. The molecule has 2 nitrogen and oxygen atoms in total. The number of carbonyl (C=O) groups is 2. The van der Waals surface area contributed by atoms with Gasteiger partial charge < -0.3 is 0 Å². The SMILES string of the molecule is O=C(/C=C/c1ccc(Br)cc1)C(C(=O)/C=C/c1ccc(Br)cc1)=C1SCCS1. The highest BCUT2D eigenvalue weighted by Gasteiger charge is 2.23. The molecule has 0 amide bonds. The Kier molecular flexibility index (Phi) is 7.97. The molecule has 0 atom stereocenters. The summed E-state index contributed by atoms with van der Waals surface area (Å²) in [5, 5.41) is 0. The molecule has 6 heteroatoms. The minimum absolute atomic E-state index is 0.259. The lowest BCUT2D eigenvalue weighted by Gasteiger charge is -2.04. The third-order valence-corrected chi connectivity index (χ3v) is 7.61. The molecule has 1 fully saturated rings. The van der Waals surface area contributed by atoms with Crippen LogP contribution in [0.25, 0.3) is 12.2 Å². The molecule has 28 heavy (non-hydrogen) atoms. The van der Waals surface area contributed by atoms with E-state index in [0.717, 1.165) is 35.8 Å². The van der Waals surface area contributed by atoms with Crippen molar-refractivity contribution in [3.63, 3.8) is 0 Å². The Labute approximate surface area is 189 Å². The smallest absolute Gasteiger partial charge is 0.191 e.